The minimum atomic E-state index is -0.165. The molecular formula is C52H35N3S. The second-order valence-electron chi connectivity index (χ2n) is 14.9. The quantitative estimate of drug-likeness (QED) is 0.177. The number of rotatable bonds is 4. The third-order valence-electron chi connectivity index (χ3n) is 11.8. The van der Waals surface area contributed by atoms with E-state index in [0.29, 0.717) is 0 Å². The molecule has 0 radical (unpaired) electrons. The molecule has 4 heteroatoms. The van der Waals surface area contributed by atoms with Crippen LogP contribution in [0.3, 0.4) is 0 Å². The zero-order valence-electron chi connectivity index (χ0n) is 30.4. The molecule has 10 aromatic rings. The molecule has 2 atom stereocenters. The molecule has 2 aliphatic rings. The predicted octanol–water partition coefficient (Wildman–Crippen LogP) is 13.3. The van der Waals surface area contributed by atoms with Crippen LogP contribution < -0.4 is 10.6 Å². The van der Waals surface area contributed by atoms with Gasteiger partial charge in [0.1, 0.15) is 6.17 Å². The van der Waals surface area contributed by atoms with Gasteiger partial charge in [0, 0.05) is 26.3 Å². The van der Waals surface area contributed by atoms with Crippen LogP contribution in [0.5, 0.6) is 0 Å². The van der Waals surface area contributed by atoms with E-state index in [1.807, 2.05) is 11.8 Å². The van der Waals surface area contributed by atoms with E-state index in [-0.39, 0.29) is 12.2 Å². The van der Waals surface area contributed by atoms with Gasteiger partial charge in [0.15, 0.2) is 0 Å². The summed E-state index contributed by atoms with van der Waals surface area (Å²) in [5, 5.41) is 18.4. The second-order valence-corrected chi connectivity index (χ2v) is 16.0. The van der Waals surface area contributed by atoms with Crippen LogP contribution in [0, 0.1) is 0 Å². The highest BCUT2D eigenvalue weighted by Gasteiger charge is 2.38. The number of benzene rings is 9. The first kappa shape index (κ1) is 31.7. The molecule has 0 fully saturated rings. The molecule has 3 nitrogen and oxygen atoms in total. The number of hydrogen-bond donors (Lipinski definition) is 2. The molecule has 3 heterocycles. The minimum Gasteiger partial charge on any atom is -0.365 e. The number of thioether (sulfide) groups is 1. The average molecular weight is 734 g/mol. The Kier molecular flexibility index (Phi) is 7.07. The maximum absolute atomic E-state index is 4.15. The molecule has 0 bridgehead atoms. The largest absolute Gasteiger partial charge is 0.365 e. The second kappa shape index (κ2) is 12.5. The SMILES string of the molecule is c1ccc(C2=C3Sc4ccccc4C3NC(c3cc(-c4ccc5c(c4)c4ccccc4n5-c4ccccc4)cc4c5ccccc5c5ccccc5c34)N2)cc1. The van der Waals surface area contributed by atoms with Crippen molar-refractivity contribution in [1.29, 1.82) is 0 Å². The highest BCUT2D eigenvalue weighted by molar-refractivity contribution is 8.03. The Balaban J connectivity index is 1.13. The van der Waals surface area contributed by atoms with Gasteiger partial charge in [0.05, 0.1) is 22.8 Å². The summed E-state index contributed by atoms with van der Waals surface area (Å²) in [6.07, 6.45) is -0.165. The molecule has 0 amide bonds. The molecule has 1 aromatic heterocycles. The van der Waals surface area contributed by atoms with Gasteiger partial charge in [-0.2, -0.15) is 0 Å². The molecule has 2 aliphatic heterocycles. The smallest absolute Gasteiger partial charge is 0.105 e. The Morgan fingerprint density at radius 3 is 1.84 bits per heavy atom. The molecule has 12 rings (SSSR count). The lowest BCUT2D eigenvalue weighted by atomic mass is 9.87. The van der Waals surface area contributed by atoms with Crippen LogP contribution in [0.25, 0.3) is 76.6 Å². The van der Waals surface area contributed by atoms with Gasteiger partial charge in [-0.25, -0.2) is 0 Å². The number of nitrogens with zero attached hydrogens (tertiary/aromatic N) is 1. The number of nitrogens with one attached hydrogen (secondary N) is 2. The molecule has 0 saturated heterocycles. The Bertz CT molecular complexity index is 3240. The Morgan fingerprint density at radius 1 is 0.429 bits per heavy atom. The first-order valence-corrected chi connectivity index (χ1v) is 20.2. The van der Waals surface area contributed by atoms with Gasteiger partial charge in [-0.05, 0) is 109 Å². The van der Waals surface area contributed by atoms with Crippen molar-refractivity contribution in [1.82, 2.24) is 15.2 Å². The number of hydrogen-bond acceptors (Lipinski definition) is 3. The summed E-state index contributed by atoms with van der Waals surface area (Å²) in [5.41, 5.74) is 11.0. The van der Waals surface area contributed by atoms with Crippen molar-refractivity contribution < 1.29 is 0 Å². The molecule has 0 saturated carbocycles. The van der Waals surface area contributed by atoms with E-state index in [0.717, 1.165) is 0 Å². The van der Waals surface area contributed by atoms with Gasteiger partial charge in [-0.3, -0.25) is 5.32 Å². The van der Waals surface area contributed by atoms with Crippen molar-refractivity contribution in [3.63, 3.8) is 0 Å². The van der Waals surface area contributed by atoms with E-state index >= 15 is 0 Å². The zero-order valence-corrected chi connectivity index (χ0v) is 31.2. The molecule has 264 valence electrons. The van der Waals surface area contributed by atoms with Crippen molar-refractivity contribution in [2.45, 2.75) is 17.1 Å². The van der Waals surface area contributed by atoms with Gasteiger partial charge >= 0.3 is 0 Å². The van der Waals surface area contributed by atoms with Crippen molar-refractivity contribution in [2.24, 2.45) is 0 Å². The third kappa shape index (κ3) is 4.76. The van der Waals surface area contributed by atoms with Crippen LogP contribution in [-0.2, 0) is 0 Å². The first-order chi connectivity index (χ1) is 27.8. The van der Waals surface area contributed by atoms with Crippen LogP contribution in [0.2, 0.25) is 0 Å². The van der Waals surface area contributed by atoms with E-state index in [1.54, 1.807) is 0 Å². The van der Waals surface area contributed by atoms with Crippen molar-refractivity contribution >= 4 is 71.6 Å². The summed E-state index contributed by atoms with van der Waals surface area (Å²) < 4.78 is 2.39. The number of fused-ring (bicyclic) bond motifs is 12. The Morgan fingerprint density at radius 2 is 1.04 bits per heavy atom. The normalized spacial score (nSPS) is 16.5. The first-order valence-electron chi connectivity index (χ1n) is 19.3. The Hall–Kier alpha value is -6.59. The van der Waals surface area contributed by atoms with E-state index < -0.39 is 0 Å². The molecule has 9 aromatic carbocycles. The van der Waals surface area contributed by atoms with Gasteiger partial charge in [0.2, 0.25) is 0 Å². The van der Waals surface area contributed by atoms with E-state index in [1.165, 1.54) is 103 Å². The fourth-order valence-electron chi connectivity index (χ4n) is 9.38. The van der Waals surface area contributed by atoms with E-state index in [4.69, 9.17) is 0 Å². The molecule has 2 N–H and O–H groups in total. The van der Waals surface area contributed by atoms with Crippen molar-refractivity contribution in [3.8, 4) is 16.8 Å². The van der Waals surface area contributed by atoms with Crippen LogP contribution >= 0.6 is 11.8 Å². The summed E-state index contributed by atoms with van der Waals surface area (Å²) >= 11 is 1.88. The molecular weight excluding hydrogens is 699 g/mol. The Labute approximate surface area is 328 Å². The molecule has 56 heavy (non-hydrogen) atoms. The van der Waals surface area contributed by atoms with Gasteiger partial charge in [-0.1, -0.05) is 151 Å². The maximum atomic E-state index is 4.15. The van der Waals surface area contributed by atoms with Crippen LogP contribution in [0.4, 0.5) is 0 Å². The van der Waals surface area contributed by atoms with Crippen molar-refractivity contribution in [3.05, 3.63) is 210 Å². The van der Waals surface area contributed by atoms with E-state index in [9.17, 15) is 0 Å². The molecule has 2 unspecified atom stereocenters. The lowest BCUT2D eigenvalue weighted by Gasteiger charge is -2.35. The average Bonchev–Trinajstić information content (AvgIpc) is 3.82. The lowest BCUT2D eigenvalue weighted by Crippen LogP contribution is -2.40. The van der Waals surface area contributed by atoms with Gasteiger partial charge in [-0.15, -0.1) is 0 Å². The highest BCUT2D eigenvalue weighted by atomic mass is 32.2. The minimum absolute atomic E-state index is 0.0727. The maximum Gasteiger partial charge on any atom is 0.105 e. The molecule has 0 aliphatic carbocycles. The topological polar surface area (TPSA) is 29.0 Å². The summed E-state index contributed by atoms with van der Waals surface area (Å²) in [4.78, 5) is 2.64. The molecule has 0 spiro atoms. The summed E-state index contributed by atoms with van der Waals surface area (Å²) in [7, 11) is 0. The zero-order chi connectivity index (χ0) is 36.7. The fourth-order valence-corrected chi connectivity index (χ4v) is 10.7. The van der Waals surface area contributed by atoms with Gasteiger partial charge < -0.3 is 9.88 Å². The summed E-state index contributed by atoms with van der Waals surface area (Å²) in [6, 6.07) is 69.1. The number of para-hydroxylation sites is 2. The van der Waals surface area contributed by atoms with Crippen molar-refractivity contribution in [2.75, 3.05) is 0 Å². The fraction of sp³-hybridized carbons (Fsp3) is 0.0385. The summed E-state index contributed by atoms with van der Waals surface area (Å²) in [5.74, 6) is 0. The van der Waals surface area contributed by atoms with E-state index in [2.05, 4.69) is 203 Å². The van der Waals surface area contributed by atoms with Crippen LogP contribution in [-0.4, -0.2) is 4.57 Å². The summed E-state index contributed by atoms with van der Waals surface area (Å²) in [6.45, 7) is 0. The number of aromatic nitrogens is 1. The highest BCUT2D eigenvalue weighted by Crippen LogP contribution is 2.53. The lowest BCUT2D eigenvalue weighted by molar-refractivity contribution is 0.441. The predicted molar refractivity (Wildman–Crippen MR) is 236 cm³/mol. The van der Waals surface area contributed by atoms with Crippen LogP contribution in [0.1, 0.15) is 28.9 Å². The van der Waals surface area contributed by atoms with Gasteiger partial charge in [0.25, 0.3) is 0 Å². The third-order valence-corrected chi connectivity index (χ3v) is 13.1. The standard InChI is InChI=1S/C52H35N3S/c1-3-15-32(16-4-1)49-51-50(41-24-12-14-26-47(41)56-51)54-52(53-49)44-31-34(30-43-38-21-8-7-19-36(38)37-20-9-10-23-40(37)48(43)44)33-27-28-46-42(29-33)39-22-11-13-25-45(39)55(46)35-17-5-2-6-18-35/h1-31,50,52-54H. The monoisotopic (exact) mass is 733 g/mol. The van der Waals surface area contributed by atoms with Crippen LogP contribution in [0.15, 0.2) is 198 Å².